The molecule has 20 heavy (non-hydrogen) atoms. The van der Waals surface area contributed by atoms with Crippen LogP contribution in [0, 0.1) is 18.7 Å². The maximum atomic E-state index is 13.3. The van der Waals surface area contributed by atoms with Gasteiger partial charge in [0.15, 0.2) is 0 Å². The van der Waals surface area contributed by atoms with Gasteiger partial charge in [0.1, 0.15) is 5.82 Å². The van der Waals surface area contributed by atoms with Gasteiger partial charge in [-0.3, -0.25) is 4.79 Å². The van der Waals surface area contributed by atoms with Crippen molar-refractivity contribution in [3.63, 3.8) is 0 Å². The van der Waals surface area contributed by atoms with Crippen LogP contribution in [0.5, 0.6) is 0 Å². The lowest BCUT2D eigenvalue weighted by Gasteiger charge is -2.29. The largest absolute Gasteiger partial charge is 0.388 e. The van der Waals surface area contributed by atoms with E-state index in [0.717, 1.165) is 12.5 Å². The monoisotopic (exact) mass is 301 g/mol. The number of halogens is 2. The Balaban J connectivity index is 2.80. The predicted octanol–water partition coefficient (Wildman–Crippen LogP) is 3.31. The highest BCUT2D eigenvalue weighted by molar-refractivity contribution is 6.33. The van der Waals surface area contributed by atoms with Crippen molar-refractivity contribution in [3.05, 3.63) is 34.1 Å². The van der Waals surface area contributed by atoms with E-state index < -0.39 is 17.3 Å². The Labute approximate surface area is 124 Å². The summed E-state index contributed by atoms with van der Waals surface area (Å²) >= 11 is 5.87. The van der Waals surface area contributed by atoms with Crippen LogP contribution in [-0.4, -0.2) is 23.2 Å². The third-order valence-corrected chi connectivity index (χ3v) is 4.09. The van der Waals surface area contributed by atoms with Crippen molar-refractivity contribution in [3.8, 4) is 0 Å². The summed E-state index contributed by atoms with van der Waals surface area (Å²) in [5, 5.41) is 12.9. The fourth-order valence-corrected chi connectivity index (χ4v) is 2.04. The van der Waals surface area contributed by atoms with E-state index in [-0.39, 0.29) is 23.0 Å². The summed E-state index contributed by atoms with van der Waals surface area (Å²) in [7, 11) is 0. The summed E-state index contributed by atoms with van der Waals surface area (Å²) in [6.45, 7) is 7.26. The van der Waals surface area contributed by atoms with E-state index >= 15 is 0 Å². The normalized spacial score (nSPS) is 15.6. The Morgan fingerprint density at radius 2 is 2.15 bits per heavy atom. The Kier molecular flexibility index (Phi) is 5.54. The number of carbonyl (C=O) groups excluding carboxylic acids is 1. The van der Waals surface area contributed by atoms with E-state index in [9.17, 15) is 14.3 Å². The third-order valence-electron chi connectivity index (χ3n) is 3.77. The van der Waals surface area contributed by atoms with Crippen LogP contribution >= 0.6 is 11.6 Å². The van der Waals surface area contributed by atoms with Crippen LogP contribution < -0.4 is 5.32 Å². The molecule has 1 aromatic rings. The van der Waals surface area contributed by atoms with Crippen LogP contribution in [0.25, 0.3) is 0 Å². The van der Waals surface area contributed by atoms with E-state index in [1.807, 2.05) is 13.8 Å². The number of hydrogen-bond acceptors (Lipinski definition) is 2. The second kappa shape index (κ2) is 6.55. The molecule has 2 unspecified atom stereocenters. The SMILES string of the molecule is CCC(C)C(C)(O)CNC(=O)c1cc(C)c(F)cc1Cl. The van der Waals surface area contributed by atoms with E-state index in [2.05, 4.69) is 5.32 Å². The van der Waals surface area contributed by atoms with E-state index in [1.54, 1.807) is 13.8 Å². The zero-order valence-electron chi connectivity index (χ0n) is 12.3. The average molecular weight is 302 g/mol. The smallest absolute Gasteiger partial charge is 0.252 e. The molecule has 1 rings (SSSR count). The minimum Gasteiger partial charge on any atom is -0.388 e. The summed E-state index contributed by atoms with van der Waals surface area (Å²) in [4.78, 5) is 12.1. The number of amides is 1. The molecule has 0 aliphatic rings. The molecule has 0 saturated carbocycles. The van der Waals surface area contributed by atoms with Gasteiger partial charge in [-0.1, -0.05) is 31.9 Å². The zero-order valence-corrected chi connectivity index (χ0v) is 13.0. The highest BCUT2D eigenvalue weighted by atomic mass is 35.5. The third kappa shape index (κ3) is 3.93. The van der Waals surface area contributed by atoms with Crippen LogP contribution in [0.1, 0.15) is 43.1 Å². The van der Waals surface area contributed by atoms with Gasteiger partial charge in [-0.25, -0.2) is 4.39 Å². The summed E-state index contributed by atoms with van der Waals surface area (Å²) in [6, 6.07) is 2.53. The van der Waals surface area contributed by atoms with Gasteiger partial charge in [0.2, 0.25) is 0 Å². The molecule has 0 radical (unpaired) electrons. The number of aliphatic hydroxyl groups is 1. The van der Waals surface area contributed by atoms with Crippen LogP contribution in [0.15, 0.2) is 12.1 Å². The molecular weight excluding hydrogens is 281 g/mol. The zero-order chi connectivity index (χ0) is 15.5. The lowest BCUT2D eigenvalue weighted by molar-refractivity contribution is 0.00592. The van der Waals surface area contributed by atoms with Crippen LogP contribution in [0.3, 0.4) is 0 Å². The number of benzene rings is 1. The predicted molar refractivity (Wildman–Crippen MR) is 78.6 cm³/mol. The molecule has 0 fully saturated rings. The second-order valence-electron chi connectivity index (χ2n) is 5.43. The molecule has 0 aliphatic heterocycles. The highest BCUT2D eigenvalue weighted by Crippen LogP contribution is 2.22. The molecule has 0 heterocycles. The van der Waals surface area contributed by atoms with Gasteiger partial charge in [-0.15, -0.1) is 0 Å². The van der Waals surface area contributed by atoms with Crippen molar-refractivity contribution in [1.29, 1.82) is 0 Å². The summed E-state index contributed by atoms with van der Waals surface area (Å²) in [5.74, 6) is -0.812. The van der Waals surface area contributed by atoms with Crippen molar-refractivity contribution < 1.29 is 14.3 Å². The Bertz CT molecular complexity index is 503. The number of carbonyl (C=O) groups is 1. The van der Waals surface area contributed by atoms with Gasteiger partial charge in [0.25, 0.3) is 5.91 Å². The molecule has 0 bridgehead atoms. The van der Waals surface area contributed by atoms with Crippen LogP contribution in [0.2, 0.25) is 5.02 Å². The molecule has 1 amide bonds. The maximum Gasteiger partial charge on any atom is 0.252 e. The first-order valence-corrected chi connectivity index (χ1v) is 7.03. The van der Waals surface area contributed by atoms with Gasteiger partial charge in [-0.2, -0.15) is 0 Å². The fraction of sp³-hybridized carbons (Fsp3) is 0.533. The number of hydrogen-bond donors (Lipinski definition) is 2. The fourth-order valence-electron chi connectivity index (χ4n) is 1.80. The highest BCUT2D eigenvalue weighted by Gasteiger charge is 2.28. The molecule has 5 heteroatoms. The first-order valence-electron chi connectivity index (χ1n) is 6.65. The van der Waals surface area contributed by atoms with E-state index in [0.29, 0.717) is 5.56 Å². The molecule has 0 spiro atoms. The first-order chi connectivity index (χ1) is 9.19. The first kappa shape index (κ1) is 16.9. The molecule has 0 saturated heterocycles. The van der Waals surface area contributed by atoms with Crippen LogP contribution in [-0.2, 0) is 0 Å². The topological polar surface area (TPSA) is 49.3 Å². The van der Waals surface area contributed by atoms with Gasteiger partial charge < -0.3 is 10.4 Å². The van der Waals surface area contributed by atoms with Crippen molar-refractivity contribution in [1.82, 2.24) is 5.32 Å². The molecule has 2 N–H and O–H groups in total. The molecule has 112 valence electrons. The Hall–Kier alpha value is -1.13. The molecule has 2 atom stereocenters. The standard InChI is InChI=1S/C15H21ClFNO2/c1-5-10(3)15(4,20)8-18-14(19)11-6-9(2)13(17)7-12(11)16/h6-7,10,20H,5,8H2,1-4H3,(H,18,19). The van der Waals surface area contributed by atoms with Crippen molar-refractivity contribution in [2.45, 2.75) is 39.7 Å². The Morgan fingerprint density at radius 1 is 1.55 bits per heavy atom. The summed E-state index contributed by atoms with van der Waals surface area (Å²) in [5.41, 5.74) is -0.426. The number of aryl methyl sites for hydroxylation is 1. The quantitative estimate of drug-likeness (QED) is 0.876. The maximum absolute atomic E-state index is 13.3. The molecular formula is C15H21ClFNO2. The van der Waals surface area contributed by atoms with Gasteiger partial charge in [-0.05, 0) is 37.5 Å². The molecule has 0 aromatic heterocycles. The van der Waals surface area contributed by atoms with Crippen molar-refractivity contribution in [2.24, 2.45) is 5.92 Å². The molecule has 1 aromatic carbocycles. The Morgan fingerprint density at radius 3 is 2.70 bits per heavy atom. The van der Waals surface area contributed by atoms with Crippen LogP contribution in [0.4, 0.5) is 4.39 Å². The summed E-state index contributed by atoms with van der Waals surface area (Å²) in [6.07, 6.45) is 0.805. The van der Waals surface area contributed by atoms with Gasteiger partial charge in [0.05, 0.1) is 16.2 Å². The van der Waals surface area contributed by atoms with Crippen molar-refractivity contribution in [2.75, 3.05) is 6.54 Å². The van der Waals surface area contributed by atoms with E-state index in [1.165, 1.54) is 6.07 Å². The minimum atomic E-state index is -0.994. The number of nitrogens with one attached hydrogen (secondary N) is 1. The number of rotatable bonds is 5. The molecule has 0 aliphatic carbocycles. The van der Waals surface area contributed by atoms with Gasteiger partial charge >= 0.3 is 0 Å². The summed E-state index contributed by atoms with van der Waals surface area (Å²) < 4.78 is 13.3. The van der Waals surface area contributed by atoms with E-state index in [4.69, 9.17) is 11.6 Å². The van der Waals surface area contributed by atoms with Gasteiger partial charge in [0, 0.05) is 6.54 Å². The lowest BCUT2D eigenvalue weighted by Crippen LogP contribution is -2.45. The lowest BCUT2D eigenvalue weighted by atomic mass is 9.88. The van der Waals surface area contributed by atoms with Crippen molar-refractivity contribution >= 4 is 17.5 Å². The minimum absolute atomic E-state index is 0.0493. The second-order valence-corrected chi connectivity index (χ2v) is 5.84. The average Bonchev–Trinajstić information content (AvgIpc) is 2.39. The molecule has 3 nitrogen and oxygen atoms in total.